The highest BCUT2D eigenvalue weighted by Crippen LogP contribution is 2.35. The molecule has 0 unspecified atom stereocenters. The first kappa shape index (κ1) is 22.3. The number of hydrogen-bond acceptors (Lipinski definition) is 6. The maximum absolute atomic E-state index is 12.2. The summed E-state index contributed by atoms with van der Waals surface area (Å²) in [4.78, 5) is 24.4. The molecule has 0 saturated carbocycles. The molecule has 0 saturated heterocycles. The molecule has 0 heterocycles. The van der Waals surface area contributed by atoms with E-state index in [1.165, 1.54) is 14.2 Å². The standard InChI is InChI=1S/C23H30N2O4/c1-22(2,20(26)28-5)16-11-7-9-14(18(16)24)13-15-10-8-12-17(19(15)25)23(3,4)21(27)29-6/h7-12H,13,24-25H2,1-6H3. The fourth-order valence-electron chi connectivity index (χ4n) is 3.56. The smallest absolute Gasteiger partial charge is 0.315 e. The Balaban J connectivity index is 2.49. The Kier molecular flexibility index (Phi) is 6.26. The number of anilines is 2. The number of para-hydroxylation sites is 2. The summed E-state index contributed by atoms with van der Waals surface area (Å²) >= 11 is 0. The molecular formula is C23H30N2O4. The number of esters is 2. The first-order valence-corrected chi connectivity index (χ1v) is 9.41. The lowest BCUT2D eigenvalue weighted by Crippen LogP contribution is -2.31. The summed E-state index contributed by atoms with van der Waals surface area (Å²) in [5.41, 5.74) is 15.3. The molecule has 0 amide bonds. The van der Waals surface area contributed by atoms with E-state index >= 15 is 0 Å². The second-order valence-electron chi connectivity index (χ2n) is 8.17. The predicted octanol–water partition coefficient (Wildman–Crippen LogP) is 3.34. The van der Waals surface area contributed by atoms with Gasteiger partial charge in [0, 0.05) is 17.8 Å². The Morgan fingerprint density at radius 1 is 0.759 bits per heavy atom. The Labute approximate surface area is 172 Å². The molecule has 0 spiro atoms. The number of benzene rings is 2. The van der Waals surface area contributed by atoms with E-state index in [1.807, 2.05) is 36.4 Å². The van der Waals surface area contributed by atoms with Crippen molar-refractivity contribution in [3.63, 3.8) is 0 Å². The number of nitrogen functional groups attached to an aromatic ring is 2. The van der Waals surface area contributed by atoms with Gasteiger partial charge in [-0.05, 0) is 49.9 Å². The van der Waals surface area contributed by atoms with Crippen molar-refractivity contribution in [1.29, 1.82) is 0 Å². The van der Waals surface area contributed by atoms with Crippen molar-refractivity contribution in [3.8, 4) is 0 Å². The van der Waals surface area contributed by atoms with E-state index in [0.717, 1.165) is 11.1 Å². The highest BCUT2D eigenvalue weighted by Gasteiger charge is 2.34. The summed E-state index contributed by atoms with van der Waals surface area (Å²) in [6, 6.07) is 11.2. The monoisotopic (exact) mass is 398 g/mol. The lowest BCUT2D eigenvalue weighted by Gasteiger charge is -2.26. The largest absolute Gasteiger partial charge is 0.468 e. The van der Waals surface area contributed by atoms with Gasteiger partial charge in [0.2, 0.25) is 0 Å². The first-order valence-electron chi connectivity index (χ1n) is 9.41. The highest BCUT2D eigenvalue weighted by atomic mass is 16.5. The topological polar surface area (TPSA) is 105 Å². The van der Waals surface area contributed by atoms with Crippen molar-refractivity contribution in [2.45, 2.75) is 44.9 Å². The van der Waals surface area contributed by atoms with Crippen LogP contribution in [0.25, 0.3) is 0 Å². The second-order valence-corrected chi connectivity index (χ2v) is 8.17. The molecule has 0 fully saturated rings. The van der Waals surface area contributed by atoms with E-state index in [1.54, 1.807) is 27.7 Å². The minimum absolute atomic E-state index is 0.359. The second kappa shape index (κ2) is 8.15. The van der Waals surface area contributed by atoms with Crippen molar-refractivity contribution in [3.05, 3.63) is 58.7 Å². The minimum atomic E-state index is -0.880. The van der Waals surface area contributed by atoms with Crippen LogP contribution in [0.5, 0.6) is 0 Å². The number of methoxy groups -OCH3 is 2. The highest BCUT2D eigenvalue weighted by molar-refractivity contribution is 5.86. The van der Waals surface area contributed by atoms with Crippen molar-refractivity contribution in [2.24, 2.45) is 0 Å². The van der Waals surface area contributed by atoms with Crippen LogP contribution in [0.15, 0.2) is 36.4 Å². The molecule has 0 aliphatic rings. The van der Waals surface area contributed by atoms with Gasteiger partial charge in [0.05, 0.1) is 25.0 Å². The first-order chi connectivity index (χ1) is 13.5. The normalized spacial score (nSPS) is 11.8. The van der Waals surface area contributed by atoms with Crippen molar-refractivity contribution >= 4 is 23.3 Å². The molecule has 0 aliphatic carbocycles. The molecule has 4 N–H and O–H groups in total. The molecule has 6 heteroatoms. The van der Waals surface area contributed by atoms with Gasteiger partial charge in [0.1, 0.15) is 0 Å². The van der Waals surface area contributed by atoms with E-state index < -0.39 is 10.8 Å². The maximum Gasteiger partial charge on any atom is 0.315 e. The van der Waals surface area contributed by atoms with Gasteiger partial charge in [-0.25, -0.2) is 0 Å². The van der Waals surface area contributed by atoms with Gasteiger partial charge in [0.15, 0.2) is 0 Å². The molecule has 156 valence electrons. The summed E-state index contributed by atoms with van der Waals surface area (Å²) in [6.07, 6.45) is 0.466. The Morgan fingerprint density at radius 3 is 1.41 bits per heavy atom. The molecule has 0 radical (unpaired) electrons. The summed E-state index contributed by atoms with van der Waals surface area (Å²) in [5, 5.41) is 0. The maximum atomic E-state index is 12.2. The number of hydrogen-bond donors (Lipinski definition) is 2. The molecule has 29 heavy (non-hydrogen) atoms. The summed E-state index contributed by atoms with van der Waals surface area (Å²) in [7, 11) is 2.72. The third-order valence-corrected chi connectivity index (χ3v) is 5.51. The quantitative estimate of drug-likeness (QED) is 0.571. The van der Waals surface area contributed by atoms with Crippen LogP contribution in [0, 0.1) is 0 Å². The third kappa shape index (κ3) is 4.06. The van der Waals surface area contributed by atoms with Gasteiger partial charge in [-0.15, -0.1) is 0 Å². The average molecular weight is 399 g/mol. The summed E-state index contributed by atoms with van der Waals surface area (Å²) < 4.78 is 9.86. The van der Waals surface area contributed by atoms with Crippen molar-refractivity contribution in [1.82, 2.24) is 0 Å². The van der Waals surface area contributed by atoms with Gasteiger partial charge in [-0.2, -0.15) is 0 Å². The number of carbonyl (C=O) groups excluding carboxylic acids is 2. The SMILES string of the molecule is COC(=O)C(C)(C)c1cccc(Cc2cccc(C(C)(C)C(=O)OC)c2N)c1N. The molecule has 0 aromatic heterocycles. The lowest BCUT2D eigenvalue weighted by molar-refractivity contribution is -0.147. The summed E-state index contributed by atoms with van der Waals surface area (Å²) in [5.74, 6) is -0.717. The van der Waals surface area contributed by atoms with Gasteiger partial charge >= 0.3 is 11.9 Å². The number of rotatable bonds is 6. The fourth-order valence-corrected chi connectivity index (χ4v) is 3.56. The van der Waals surface area contributed by atoms with E-state index in [4.69, 9.17) is 20.9 Å². The van der Waals surface area contributed by atoms with Crippen LogP contribution in [0.2, 0.25) is 0 Å². The molecular weight excluding hydrogens is 368 g/mol. The van der Waals surface area contributed by atoms with E-state index in [2.05, 4.69) is 0 Å². The number of nitrogens with two attached hydrogens (primary N) is 2. The van der Waals surface area contributed by atoms with Crippen LogP contribution in [0.4, 0.5) is 11.4 Å². The predicted molar refractivity (Wildman–Crippen MR) is 115 cm³/mol. The molecule has 2 rings (SSSR count). The number of ether oxygens (including phenoxy) is 2. The zero-order valence-electron chi connectivity index (χ0n) is 18.0. The third-order valence-electron chi connectivity index (χ3n) is 5.51. The van der Waals surface area contributed by atoms with E-state index in [9.17, 15) is 9.59 Å². The zero-order chi connectivity index (χ0) is 22.0. The Morgan fingerprint density at radius 2 is 1.10 bits per heavy atom. The zero-order valence-corrected chi connectivity index (χ0v) is 18.0. The fraction of sp³-hybridized carbons (Fsp3) is 0.391. The van der Waals surface area contributed by atoms with Gasteiger partial charge in [0.25, 0.3) is 0 Å². The van der Waals surface area contributed by atoms with Crippen LogP contribution in [0.3, 0.4) is 0 Å². The molecule has 6 nitrogen and oxygen atoms in total. The number of carbonyl (C=O) groups is 2. The van der Waals surface area contributed by atoms with Crippen LogP contribution in [-0.2, 0) is 36.3 Å². The van der Waals surface area contributed by atoms with Crippen LogP contribution < -0.4 is 11.5 Å². The average Bonchev–Trinajstić information content (AvgIpc) is 2.69. The van der Waals surface area contributed by atoms with Gasteiger partial charge in [-0.3, -0.25) is 9.59 Å². The van der Waals surface area contributed by atoms with Gasteiger partial charge < -0.3 is 20.9 Å². The lowest BCUT2D eigenvalue weighted by atomic mass is 9.80. The Hall–Kier alpha value is -3.02. The molecule has 0 bridgehead atoms. The molecule has 0 aliphatic heterocycles. The molecule has 0 atom stereocenters. The molecule has 2 aromatic carbocycles. The van der Waals surface area contributed by atoms with Crippen molar-refractivity contribution < 1.29 is 19.1 Å². The summed E-state index contributed by atoms with van der Waals surface area (Å²) in [6.45, 7) is 7.12. The Bertz CT molecular complexity index is 857. The minimum Gasteiger partial charge on any atom is -0.468 e. The van der Waals surface area contributed by atoms with Crippen LogP contribution in [0.1, 0.15) is 49.9 Å². The molecule has 2 aromatic rings. The van der Waals surface area contributed by atoms with Crippen molar-refractivity contribution in [2.75, 3.05) is 25.7 Å². The van der Waals surface area contributed by atoms with E-state index in [-0.39, 0.29) is 11.9 Å². The van der Waals surface area contributed by atoms with Gasteiger partial charge in [-0.1, -0.05) is 36.4 Å². The van der Waals surface area contributed by atoms with E-state index in [0.29, 0.717) is 28.9 Å². The van der Waals surface area contributed by atoms with Crippen LogP contribution >= 0.6 is 0 Å². The van der Waals surface area contributed by atoms with Crippen LogP contribution in [-0.4, -0.2) is 26.2 Å².